The number of nitrogens with zero attached hydrogens (tertiary/aromatic N) is 4. The zero-order valence-corrected chi connectivity index (χ0v) is 24.0. The van der Waals surface area contributed by atoms with E-state index in [4.69, 9.17) is 4.74 Å². The highest BCUT2D eigenvalue weighted by atomic mass is 32.2. The quantitative estimate of drug-likeness (QED) is 0.401. The minimum absolute atomic E-state index is 0.0519. The summed E-state index contributed by atoms with van der Waals surface area (Å²) in [5, 5.41) is 15.1. The molecule has 0 bridgehead atoms. The summed E-state index contributed by atoms with van der Waals surface area (Å²) in [5.74, 6) is 0.131. The Balaban J connectivity index is 1.18. The van der Waals surface area contributed by atoms with Crippen molar-refractivity contribution in [3.8, 4) is 5.75 Å². The maximum absolute atomic E-state index is 13.5. The lowest BCUT2D eigenvalue weighted by molar-refractivity contribution is -0.124. The summed E-state index contributed by atoms with van der Waals surface area (Å²) in [5.41, 5.74) is 4.46. The van der Waals surface area contributed by atoms with Crippen LogP contribution in [0, 0.1) is 0 Å². The van der Waals surface area contributed by atoms with Gasteiger partial charge in [-0.1, -0.05) is 36.3 Å². The number of methoxy groups -OCH3 is 1. The predicted octanol–water partition coefficient (Wildman–Crippen LogP) is 3.45. The molecule has 1 aromatic heterocycles. The van der Waals surface area contributed by atoms with Crippen LogP contribution in [0.25, 0.3) is 0 Å². The lowest BCUT2D eigenvalue weighted by Crippen LogP contribution is -2.50. The largest absolute Gasteiger partial charge is 0.497 e. The first-order chi connectivity index (χ1) is 19.9. The van der Waals surface area contributed by atoms with Crippen LogP contribution in [-0.2, 0) is 34.2 Å². The van der Waals surface area contributed by atoms with Crippen LogP contribution in [0.5, 0.6) is 5.75 Å². The van der Waals surface area contributed by atoms with E-state index in [9.17, 15) is 13.2 Å². The highest BCUT2D eigenvalue weighted by molar-refractivity contribution is 7.89. The molecule has 1 aliphatic heterocycles. The predicted molar refractivity (Wildman–Crippen MR) is 153 cm³/mol. The molecule has 2 atom stereocenters. The Bertz CT molecular complexity index is 1530. The third kappa shape index (κ3) is 5.73. The van der Waals surface area contributed by atoms with Crippen LogP contribution in [0.4, 0.5) is 0 Å². The number of nitrogens with one attached hydrogen (secondary N) is 2. The second-order valence-corrected chi connectivity index (χ2v) is 12.9. The average Bonchev–Trinajstić information content (AvgIpc) is 3.69. The molecule has 2 aromatic carbocycles. The molecule has 41 heavy (non-hydrogen) atoms. The second kappa shape index (κ2) is 11.7. The molecular weight excluding hydrogens is 540 g/mol. The molecular formula is C30H36N6O4S. The van der Waals surface area contributed by atoms with Crippen LogP contribution in [0.2, 0.25) is 0 Å². The average molecular weight is 577 g/mol. The van der Waals surface area contributed by atoms with Crippen molar-refractivity contribution in [2.45, 2.75) is 80.9 Å². The molecule has 3 aromatic rings. The molecule has 0 radical (unpaired) electrons. The van der Waals surface area contributed by atoms with Gasteiger partial charge in [-0.25, -0.2) is 13.1 Å². The van der Waals surface area contributed by atoms with Crippen LogP contribution >= 0.6 is 0 Å². The van der Waals surface area contributed by atoms with E-state index < -0.39 is 22.0 Å². The summed E-state index contributed by atoms with van der Waals surface area (Å²) in [4.78, 5) is 13.0. The van der Waals surface area contributed by atoms with E-state index in [0.29, 0.717) is 17.5 Å². The van der Waals surface area contributed by atoms with Gasteiger partial charge in [0.15, 0.2) is 0 Å². The van der Waals surface area contributed by atoms with Gasteiger partial charge in [-0.2, -0.15) is 0 Å². The highest BCUT2D eigenvalue weighted by Gasteiger charge is 2.36. The van der Waals surface area contributed by atoms with Gasteiger partial charge in [0, 0.05) is 37.6 Å². The SMILES string of the molecule is COc1ccc(S(=O)(=O)N2C=CNC(=O)[C@H]2Cc2cn([C@@H]3CCCc4cc(CNC5CCCC5)ccc43)nn2)cc1. The number of ether oxygens (including phenoxy) is 1. The Kier molecular flexibility index (Phi) is 7.81. The standard InChI is InChI=1S/C30H36N6O4S/c1-40-25-10-12-26(13-11-25)41(38,39)36-16-15-31-30(37)29(36)18-24-20-35(34-33-24)28-8-4-5-22-17-21(9-14-27(22)28)19-32-23-6-2-3-7-23/h9-17,20,23,28-29,32H,2-8,18-19H2,1H3,(H,31,37)/t28-,29-/m1/s1. The van der Waals surface area contributed by atoms with Gasteiger partial charge in [0.1, 0.15) is 11.8 Å². The lowest BCUT2D eigenvalue weighted by atomic mass is 9.86. The molecule has 2 N–H and O–H groups in total. The highest BCUT2D eigenvalue weighted by Crippen LogP contribution is 2.33. The van der Waals surface area contributed by atoms with Gasteiger partial charge in [0.25, 0.3) is 10.0 Å². The minimum atomic E-state index is -3.99. The number of carbonyl (C=O) groups is 1. The first kappa shape index (κ1) is 27.5. The van der Waals surface area contributed by atoms with E-state index in [1.54, 1.807) is 12.1 Å². The van der Waals surface area contributed by atoms with Crippen molar-refractivity contribution in [1.29, 1.82) is 0 Å². The van der Waals surface area contributed by atoms with Gasteiger partial charge in [-0.15, -0.1) is 5.10 Å². The van der Waals surface area contributed by atoms with Gasteiger partial charge in [-0.05, 0) is 73.1 Å². The van der Waals surface area contributed by atoms with Crippen molar-refractivity contribution in [2.75, 3.05) is 7.11 Å². The summed E-state index contributed by atoms with van der Waals surface area (Å²) in [6.07, 6.45) is 12.9. The number of benzene rings is 2. The van der Waals surface area contributed by atoms with Crippen LogP contribution in [-0.4, -0.2) is 52.8 Å². The van der Waals surface area contributed by atoms with E-state index in [1.807, 2.05) is 10.9 Å². The molecule has 11 heteroatoms. The van der Waals surface area contributed by atoms with E-state index in [2.05, 4.69) is 39.1 Å². The maximum atomic E-state index is 13.5. The van der Waals surface area contributed by atoms with E-state index in [1.165, 1.54) is 74.0 Å². The summed E-state index contributed by atoms with van der Waals surface area (Å²) >= 11 is 0. The number of carbonyl (C=O) groups excluding carboxylic acids is 1. The zero-order valence-electron chi connectivity index (χ0n) is 23.2. The molecule has 0 saturated heterocycles. The van der Waals surface area contributed by atoms with E-state index in [-0.39, 0.29) is 17.4 Å². The molecule has 2 heterocycles. The Morgan fingerprint density at radius 2 is 1.88 bits per heavy atom. The molecule has 6 rings (SSSR count). The summed E-state index contributed by atoms with van der Waals surface area (Å²) in [7, 11) is -2.47. The summed E-state index contributed by atoms with van der Waals surface area (Å²) in [6.45, 7) is 0.893. The smallest absolute Gasteiger partial charge is 0.264 e. The molecule has 1 amide bonds. The van der Waals surface area contributed by atoms with Crippen molar-refractivity contribution in [3.05, 3.63) is 83.4 Å². The molecule has 10 nitrogen and oxygen atoms in total. The first-order valence-electron chi connectivity index (χ1n) is 14.3. The van der Waals surface area contributed by atoms with Crippen molar-refractivity contribution < 1.29 is 17.9 Å². The van der Waals surface area contributed by atoms with Crippen molar-refractivity contribution in [3.63, 3.8) is 0 Å². The fraction of sp³-hybridized carbons (Fsp3) is 0.433. The maximum Gasteiger partial charge on any atom is 0.264 e. The molecule has 216 valence electrons. The first-order valence-corrected chi connectivity index (χ1v) is 15.8. The Morgan fingerprint density at radius 1 is 1.07 bits per heavy atom. The van der Waals surface area contributed by atoms with E-state index >= 15 is 0 Å². The number of aromatic nitrogens is 3. The van der Waals surface area contributed by atoms with Crippen LogP contribution < -0.4 is 15.4 Å². The zero-order chi connectivity index (χ0) is 28.4. The van der Waals surface area contributed by atoms with Crippen LogP contribution in [0.1, 0.15) is 67.0 Å². The number of rotatable bonds is 9. The summed E-state index contributed by atoms with van der Waals surface area (Å²) in [6, 6.07) is 12.5. The number of aryl methyl sites for hydroxylation is 1. The molecule has 1 saturated carbocycles. The van der Waals surface area contributed by atoms with Gasteiger partial charge < -0.3 is 15.4 Å². The Hall–Kier alpha value is -3.70. The molecule has 0 spiro atoms. The lowest BCUT2D eigenvalue weighted by Gasteiger charge is -2.31. The Labute approximate surface area is 240 Å². The van der Waals surface area contributed by atoms with Gasteiger partial charge in [0.2, 0.25) is 5.91 Å². The minimum Gasteiger partial charge on any atom is -0.497 e. The van der Waals surface area contributed by atoms with Crippen molar-refractivity contribution in [2.24, 2.45) is 0 Å². The van der Waals surface area contributed by atoms with Crippen molar-refractivity contribution in [1.82, 2.24) is 29.9 Å². The van der Waals surface area contributed by atoms with E-state index in [0.717, 1.165) is 30.1 Å². The molecule has 0 unspecified atom stereocenters. The molecule has 3 aliphatic rings. The van der Waals surface area contributed by atoms with Crippen molar-refractivity contribution >= 4 is 15.9 Å². The third-order valence-corrected chi connectivity index (χ3v) is 10.2. The Morgan fingerprint density at radius 3 is 2.66 bits per heavy atom. The monoisotopic (exact) mass is 576 g/mol. The third-order valence-electron chi connectivity index (χ3n) is 8.41. The second-order valence-electron chi connectivity index (χ2n) is 11.0. The van der Waals surface area contributed by atoms with Crippen LogP contribution in [0.15, 0.2) is 66.0 Å². The van der Waals surface area contributed by atoms with Gasteiger partial charge in [-0.3, -0.25) is 9.10 Å². The van der Waals surface area contributed by atoms with Gasteiger partial charge in [0.05, 0.1) is 23.7 Å². The summed E-state index contributed by atoms with van der Waals surface area (Å²) < 4.78 is 35.1. The topological polar surface area (TPSA) is 118 Å². The normalized spacial score (nSPS) is 21.1. The molecule has 2 aliphatic carbocycles. The molecule has 1 fully saturated rings. The van der Waals surface area contributed by atoms with Crippen LogP contribution in [0.3, 0.4) is 0 Å². The number of fused-ring (bicyclic) bond motifs is 1. The fourth-order valence-corrected chi connectivity index (χ4v) is 7.63. The number of amides is 1. The fourth-order valence-electron chi connectivity index (χ4n) is 6.18. The van der Waals surface area contributed by atoms with Gasteiger partial charge >= 0.3 is 0 Å². The number of sulfonamides is 1. The number of hydrogen-bond donors (Lipinski definition) is 2. The number of hydrogen-bond acceptors (Lipinski definition) is 7.